The fourth-order valence-corrected chi connectivity index (χ4v) is 4.74. The lowest BCUT2D eigenvalue weighted by molar-refractivity contribution is 0.0139. The number of aromatic nitrogens is 5. The minimum atomic E-state index is -0.498. The Balaban J connectivity index is 1.10. The molecule has 12 heteroatoms. The van der Waals surface area contributed by atoms with E-state index in [1.54, 1.807) is 17.2 Å². The van der Waals surface area contributed by atoms with Gasteiger partial charge in [0.25, 0.3) is 0 Å². The number of benzene rings is 1. The molecule has 1 aliphatic carbocycles. The number of carbonyl (C=O) groups is 1. The van der Waals surface area contributed by atoms with Crippen LogP contribution < -0.4 is 10.6 Å². The van der Waals surface area contributed by atoms with Crippen LogP contribution in [0.2, 0.25) is 0 Å². The van der Waals surface area contributed by atoms with Crippen molar-refractivity contribution in [3.05, 3.63) is 54.2 Å². The van der Waals surface area contributed by atoms with Crippen LogP contribution in [0.4, 0.5) is 26.8 Å². The number of H-pyrrole nitrogens is 1. The third-order valence-corrected chi connectivity index (χ3v) is 6.96. The lowest BCUT2D eigenvalue weighted by Crippen LogP contribution is -2.49. The molecule has 1 saturated carbocycles. The largest absolute Gasteiger partial charge is 0.444 e. The molecular weight excluding hydrogens is 525 g/mol. The Bertz CT molecular complexity index is 1560. The van der Waals surface area contributed by atoms with Gasteiger partial charge in [-0.25, -0.2) is 29.1 Å². The predicted octanol–water partition coefficient (Wildman–Crippen LogP) is 4.92. The van der Waals surface area contributed by atoms with E-state index in [4.69, 9.17) is 4.74 Å². The number of fused-ring (bicyclic) bond motifs is 1. The lowest BCUT2D eigenvalue weighted by Gasteiger charge is -2.35. The minimum absolute atomic E-state index is 0.237. The van der Waals surface area contributed by atoms with E-state index in [9.17, 15) is 4.79 Å². The third kappa shape index (κ3) is 6.54. The number of rotatable bonds is 7. The summed E-state index contributed by atoms with van der Waals surface area (Å²) in [6.45, 7) is 9.16. The van der Waals surface area contributed by atoms with Gasteiger partial charge in [0.15, 0.2) is 11.6 Å². The first-order chi connectivity index (χ1) is 19.7. The molecule has 41 heavy (non-hydrogen) atoms. The van der Waals surface area contributed by atoms with E-state index < -0.39 is 11.4 Å². The van der Waals surface area contributed by atoms with Crippen molar-refractivity contribution in [2.75, 3.05) is 36.8 Å². The zero-order valence-corrected chi connectivity index (χ0v) is 23.4. The molecule has 1 aromatic carbocycles. The highest BCUT2D eigenvalue weighted by molar-refractivity contribution is 5.83. The number of imidazole rings is 1. The number of amides is 1. The van der Waals surface area contributed by atoms with Gasteiger partial charge < -0.3 is 25.3 Å². The van der Waals surface area contributed by atoms with Crippen LogP contribution in [-0.4, -0.2) is 78.6 Å². The zero-order chi connectivity index (χ0) is 28.6. The molecular formula is C29H34FN9O2. The van der Waals surface area contributed by atoms with Crippen LogP contribution in [0.15, 0.2) is 42.9 Å². The van der Waals surface area contributed by atoms with Gasteiger partial charge in [0.05, 0.1) is 11.0 Å². The van der Waals surface area contributed by atoms with E-state index in [0.717, 1.165) is 49.1 Å². The molecule has 2 fully saturated rings. The number of piperazine rings is 1. The van der Waals surface area contributed by atoms with Gasteiger partial charge in [0, 0.05) is 50.5 Å². The average Bonchev–Trinajstić information content (AvgIpc) is 3.66. The van der Waals surface area contributed by atoms with Crippen molar-refractivity contribution >= 4 is 34.7 Å². The summed E-state index contributed by atoms with van der Waals surface area (Å²) in [5.74, 6) is 0.975. The number of pyridine rings is 1. The van der Waals surface area contributed by atoms with Crippen molar-refractivity contribution in [3.8, 4) is 11.3 Å². The maximum Gasteiger partial charge on any atom is 0.410 e. The van der Waals surface area contributed by atoms with E-state index in [2.05, 4.69) is 40.5 Å². The van der Waals surface area contributed by atoms with Crippen LogP contribution >= 0.6 is 0 Å². The van der Waals surface area contributed by atoms with Crippen LogP contribution in [0.5, 0.6) is 0 Å². The minimum Gasteiger partial charge on any atom is -0.444 e. The molecule has 0 bridgehead atoms. The van der Waals surface area contributed by atoms with Gasteiger partial charge in [-0.2, -0.15) is 0 Å². The lowest BCUT2D eigenvalue weighted by atomic mass is 10.1. The SMILES string of the molecule is CC(C)(C)OC(=O)N1CCN(Cc2ccnc(Nc3nc4ccc(-c5ncnc(NC6CC6)c5F)cc4[nH]3)c2)CC1. The average molecular weight is 560 g/mol. The number of anilines is 3. The fourth-order valence-electron chi connectivity index (χ4n) is 4.74. The fraction of sp³-hybridized carbons (Fsp3) is 0.414. The van der Waals surface area contributed by atoms with E-state index in [-0.39, 0.29) is 23.6 Å². The summed E-state index contributed by atoms with van der Waals surface area (Å²) in [4.78, 5) is 37.0. The summed E-state index contributed by atoms with van der Waals surface area (Å²) in [6.07, 6.45) is 4.94. The van der Waals surface area contributed by atoms with Crippen LogP contribution in [-0.2, 0) is 11.3 Å². The molecule has 0 atom stereocenters. The van der Waals surface area contributed by atoms with E-state index in [1.807, 2.05) is 45.0 Å². The predicted molar refractivity (Wildman–Crippen MR) is 154 cm³/mol. The Morgan fingerprint density at radius 2 is 1.90 bits per heavy atom. The molecule has 0 spiro atoms. The molecule has 0 radical (unpaired) electrons. The van der Waals surface area contributed by atoms with E-state index in [1.165, 1.54) is 6.33 Å². The molecule has 6 rings (SSSR count). The third-order valence-electron chi connectivity index (χ3n) is 6.96. The van der Waals surface area contributed by atoms with Crippen LogP contribution in [0.3, 0.4) is 0 Å². The summed E-state index contributed by atoms with van der Waals surface area (Å²) >= 11 is 0. The van der Waals surface area contributed by atoms with Gasteiger partial charge in [0.1, 0.15) is 23.4 Å². The van der Waals surface area contributed by atoms with Crippen LogP contribution in [0.1, 0.15) is 39.2 Å². The maximum atomic E-state index is 15.1. The summed E-state index contributed by atoms with van der Waals surface area (Å²) < 4.78 is 20.6. The molecule has 4 aromatic rings. The maximum absolute atomic E-state index is 15.1. The number of hydrogen-bond donors (Lipinski definition) is 3. The standard InChI is InChI=1S/C29H34FN9O2/c1-29(2,3)41-28(40)39-12-10-38(11-13-39)16-18-8-9-31-23(14-18)37-27-35-21-7-4-19(15-22(21)36-27)25-24(30)26(33-17-32-25)34-20-5-6-20/h4,7-9,14-15,17,20H,5-6,10-13,16H2,1-3H3,(H,32,33,34)(H2,31,35,36,37). The second-order valence-corrected chi connectivity index (χ2v) is 11.5. The van der Waals surface area contributed by atoms with Gasteiger partial charge in [-0.15, -0.1) is 0 Å². The number of nitrogens with one attached hydrogen (secondary N) is 3. The Kier molecular flexibility index (Phi) is 7.16. The zero-order valence-electron chi connectivity index (χ0n) is 23.4. The molecule has 1 saturated heterocycles. The summed E-state index contributed by atoms with van der Waals surface area (Å²) in [5, 5.41) is 6.37. The van der Waals surface area contributed by atoms with Gasteiger partial charge >= 0.3 is 6.09 Å². The molecule has 11 nitrogen and oxygen atoms in total. The summed E-state index contributed by atoms with van der Waals surface area (Å²) in [6, 6.07) is 9.74. The normalized spacial score (nSPS) is 16.1. The molecule has 1 aliphatic heterocycles. The molecule has 214 valence electrons. The molecule has 2 aliphatic rings. The summed E-state index contributed by atoms with van der Waals surface area (Å²) in [7, 11) is 0. The quantitative estimate of drug-likeness (QED) is 0.289. The van der Waals surface area contributed by atoms with Gasteiger partial charge in [-0.3, -0.25) is 4.90 Å². The molecule has 1 amide bonds. The second kappa shape index (κ2) is 10.9. The first-order valence-electron chi connectivity index (χ1n) is 13.9. The van der Waals surface area contributed by atoms with Crippen LogP contribution in [0.25, 0.3) is 22.3 Å². The van der Waals surface area contributed by atoms with Gasteiger partial charge in [0.2, 0.25) is 5.95 Å². The summed E-state index contributed by atoms with van der Waals surface area (Å²) in [5.41, 5.74) is 2.97. The Morgan fingerprint density at radius 1 is 1.10 bits per heavy atom. The molecule has 4 heterocycles. The van der Waals surface area contributed by atoms with Crippen molar-refractivity contribution in [3.63, 3.8) is 0 Å². The molecule has 3 N–H and O–H groups in total. The Labute approximate surface area is 237 Å². The van der Waals surface area contributed by atoms with E-state index in [0.29, 0.717) is 30.4 Å². The van der Waals surface area contributed by atoms with Crippen molar-refractivity contribution in [2.45, 2.75) is 51.8 Å². The molecule has 0 unspecified atom stereocenters. The van der Waals surface area contributed by atoms with Gasteiger partial charge in [-0.05, 0) is 63.4 Å². The van der Waals surface area contributed by atoms with Crippen molar-refractivity contribution < 1.29 is 13.9 Å². The second-order valence-electron chi connectivity index (χ2n) is 11.5. The number of aromatic amines is 1. The van der Waals surface area contributed by atoms with Crippen LogP contribution in [0, 0.1) is 5.82 Å². The topological polar surface area (TPSA) is 124 Å². The highest BCUT2D eigenvalue weighted by Gasteiger charge is 2.26. The number of carbonyl (C=O) groups excluding carboxylic acids is 1. The Morgan fingerprint density at radius 3 is 2.66 bits per heavy atom. The molecule has 3 aromatic heterocycles. The van der Waals surface area contributed by atoms with Gasteiger partial charge in [-0.1, -0.05) is 6.07 Å². The van der Waals surface area contributed by atoms with Crippen molar-refractivity contribution in [1.29, 1.82) is 0 Å². The number of halogens is 1. The smallest absolute Gasteiger partial charge is 0.410 e. The van der Waals surface area contributed by atoms with Crippen molar-refractivity contribution in [1.82, 2.24) is 34.7 Å². The highest BCUT2D eigenvalue weighted by atomic mass is 19.1. The van der Waals surface area contributed by atoms with Crippen molar-refractivity contribution in [2.24, 2.45) is 0 Å². The number of hydrogen-bond acceptors (Lipinski definition) is 9. The first-order valence-corrected chi connectivity index (χ1v) is 13.9. The number of ether oxygens (including phenoxy) is 1. The highest BCUT2D eigenvalue weighted by Crippen LogP contribution is 2.30. The monoisotopic (exact) mass is 559 g/mol. The van der Waals surface area contributed by atoms with E-state index >= 15 is 4.39 Å². The number of nitrogens with zero attached hydrogens (tertiary/aromatic N) is 6. The Hall–Kier alpha value is -4.32. The first kappa shape index (κ1) is 26.9.